The molecule has 7 nitrogen and oxygen atoms in total. The van der Waals surface area contributed by atoms with Gasteiger partial charge in [0.1, 0.15) is 11.9 Å². The second-order valence-electron chi connectivity index (χ2n) is 6.48. The minimum atomic E-state index is -0.171. The van der Waals surface area contributed by atoms with E-state index in [9.17, 15) is 4.79 Å². The minimum absolute atomic E-state index is 0.167. The van der Waals surface area contributed by atoms with Crippen molar-refractivity contribution in [3.8, 4) is 0 Å². The van der Waals surface area contributed by atoms with E-state index in [1.165, 1.54) is 0 Å². The number of nitrogens with zero attached hydrogens (tertiary/aromatic N) is 5. The maximum Gasteiger partial charge on any atom is 0.222 e. The highest BCUT2D eigenvalue weighted by Crippen LogP contribution is 2.21. The summed E-state index contributed by atoms with van der Waals surface area (Å²) in [6.07, 6.45) is 2.87. The predicted molar refractivity (Wildman–Crippen MR) is 93.0 cm³/mol. The summed E-state index contributed by atoms with van der Waals surface area (Å²) in [7, 11) is 0. The Morgan fingerprint density at radius 3 is 2.92 bits per heavy atom. The molecule has 0 aromatic carbocycles. The normalized spacial score (nSPS) is 17.7. The highest BCUT2D eigenvalue weighted by molar-refractivity contribution is 5.76. The van der Waals surface area contributed by atoms with Crippen LogP contribution in [-0.2, 0) is 16.1 Å². The lowest BCUT2D eigenvalue weighted by Crippen LogP contribution is -2.42. The van der Waals surface area contributed by atoms with E-state index in [2.05, 4.69) is 21.1 Å². The molecule has 2 aromatic heterocycles. The molecule has 0 saturated carbocycles. The van der Waals surface area contributed by atoms with Gasteiger partial charge in [-0.15, -0.1) is 0 Å². The first kappa shape index (κ1) is 17.5. The highest BCUT2D eigenvalue weighted by Gasteiger charge is 2.26. The van der Waals surface area contributed by atoms with E-state index in [0.29, 0.717) is 26.1 Å². The van der Waals surface area contributed by atoms with Crippen LogP contribution in [0.3, 0.4) is 0 Å². The summed E-state index contributed by atoms with van der Waals surface area (Å²) in [5, 5.41) is 4.44. The molecule has 7 heteroatoms. The molecule has 1 atom stereocenters. The van der Waals surface area contributed by atoms with Crippen LogP contribution in [0.5, 0.6) is 0 Å². The van der Waals surface area contributed by atoms with Crippen LogP contribution in [0.1, 0.15) is 41.9 Å². The van der Waals surface area contributed by atoms with Crippen LogP contribution in [0.15, 0.2) is 18.3 Å². The van der Waals surface area contributed by atoms with Gasteiger partial charge in [0.15, 0.2) is 0 Å². The third kappa shape index (κ3) is 4.42. The first-order valence-electron chi connectivity index (χ1n) is 8.73. The van der Waals surface area contributed by atoms with Gasteiger partial charge in [0.2, 0.25) is 5.91 Å². The topological polar surface area (TPSA) is 73.1 Å². The quantitative estimate of drug-likeness (QED) is 0.830. The molecule has 3 rings (SSSR count). The fourth-order valence-electron chi connectivity index (χ4n) is 3.15. The van der Waals surface area contributed by atoms with Crippen molar-refractivity contribution in [2.75, 3.05) is 19.7 Å². The summed E-state index contributed by atoms with van der Waals surface area (Å²) in [5.74, 6) is 0.884. The Balaban J connectivity index is 1.52. The van der Waals surface area contributed by atoms with Crippen LogP contribution in [0.2, 0.25) is 0 Å². The Labute approximate surface area is 148 Å². The number of hydrogen-bond donors (Lipinski definition) is 0. The first-order chi connectivity index (χ1) is 12.0. The number of aryl methyl sites for hydroxylation is 4. The summed E-state index contributed by atoms with van der Waals surface area (Å²) >= 11 is 0. The predicted octanol–water partition coefficient (Wildman–Crippen LogP) is 1.98. The first-order valence-corrected chi connectivity index (χ1v) is 8.73. The molecule has 2 aromatic rings. The lowest BCUT2D eigenvalue weighted by atomic mass is 10.1. The second-order valence-corrected chi connectivity index (χ2v) is 6.48. The largest absolute Gasteiger partial charge is 0.368 e. The minimum Gasteiger partial charge on any atom is -0.368 e. The summed E-state index contributed by atoms with van der Waals surface area (Å²) < 4.78 is 7.76. The van der Waals surface area contributed by atoms with Crippen molar-refractivity contribution in [1.29, 1.82) is 0 Å². The van der Waals surface area contributed by atoms with Crippen molar-refractivity contribution in [2.24, 2.45) is 0 Å². The van der Waals surface area contributed by atoms with Crippen LogP contribution in [-0.4, -0.2) is 50.3 Å². The summed E-state index contributed by atoms with van der Waals surface area (Å²) in [6.45, 7) is 8.37. The van der Waals surface area contributed by atoms with Gasteiger partial charge >= 0.3 is 0 Å². The monoisotopic (exact) mass is 343 g/mol. The van der Waals surface area contributed by atoms with Crippen molar-refractivity contribution < 1.29 is 9.53 Å². The maximum atomic E-state index is 12.5. The van der Waals surface area contributed by atoms with Gasteiger partial charge in [-0.05, 0) is 39.3 Å². The van der Waals surface area contributed by atoms with Gasteiger partial charge in [-0.2, -0.15) is 5.10 Å². The van der Waals surface area contributed by atoms with E-state index >= 15 is 0 Å². The Hall–Kier alpha value is -2.28. The molecule has 1 aliphatic rings. The number of aromatic nitrogens is 4. The molecular weight excluding hydrogens is 318 g/mol. The fraction of sp³-hybridized carbons (Fsp3) is 0.556. The van der Waals surface area contributed by atoms with Crippen LogP contribution in [0.4, 0.5) is 0 Å². The van der Waals surface area contributed by atoms with Gasteiger partial charge in [-0.3, -0.25) is 9.48 Å². The summed E-state index contributed by atoms with van der Waals surface area (Å²) in [4.78, 5) is 22.9. The number of carbonyl (C=O) groups is 1. The molecule has 0 spiro atoms. The van der Waals surface area contributed by atoms with Gasteiger partial charge in [0.05, 0.1) is 24.5 Å². The van der Waals surface area contributed by atoms with Gasteiger partial charge in [0, 0.05) is 31.4 Å². The number of rotatable bonds is 5. The van der Waals surface area contributed by atoms with E-state index in [1.807, 2.05) is 36.4 Å². The molecule has 25 heavy (non-hydrogen) atoms. The third-order valence-electron chi connectivity index (χ3n) is 4.41. The number of morpholine rings is 1. The van der Waals surface area contributed by atoms with Gasteiger partial charge in [0.25, 0.3) is 0 Å². The second kappa shape index (κ2) is 7.74. The average molecular weight is 343 g/mol. The van der Waals surface area contributed by atoms with Crippen molar-refractivity contribution in [2.45, 2.75) is 46.3 Å². The van der Waals surface area contributed by atoms with E-state index < -0.39 is 0 Å². The van der Waals surface area contributed by atoms with Crippen molar-refractivity contribution in [1.82, 2.24) is 24.6 Å². The lowest BCUT2D eigenvalue weighted by molar-refractivity contribution is -0.139. The third-order valence-corrected chi connectivity index (χ3v) is 4.41. The lowest BCUT2D eigenvalue weighted by Gasteiger charge is -2.32. The number of hydrogen-bond acceptors (Lipinski definition) is 5. The molecule has 0 aliphatic carbocycles. The summed E-state index contributed by atoms with van der Waals surface area (Å²) in [6, 6.07) is 3.91. The Kier molecular flexibility index (Phi) is 5.43. The van der Waals surface area contributed by atoms with Crippen LogP contribution in [0, 0.1) is 20.8 Å². The van der Waals surface area contributed by atoms with E-state index in [-0.39, 0.29) is 12.0 Å². The molecule has 1 amide bonds. The molecule has 3 heterocycles. The Morgan fingerprint density at radius 1 is 1.36 bits per heavy atom. The number of carbonyl (C=O) groups excluding carboxylic acids is 1. The van der Waals surface area contributed by atoms with Gasteiger partial charge in [-0.25, -0.2) is 9.97 Å². The number of amides is 1. The zero-order chi connectivity index (χ0) is 17.8. The molecule has 1 unspecified atom stereocenters. The molecular formula is C18H25N5O2. The van der Waals surface area contributed by atoms with E-state index in [4.69, 9.17) is 4.74 Å². The van der Waals surface area contributed by atoms with Gasteiger partial charge < -0.3 is 9.64 Å². The molecule has 1 saturated heterocycles. The Bertz CT molecular complexity index is 743. The van der Waals surface area contributed by atoms with E-state index in [0.717, 1.165) is 35.9 Å². The highest BCUT2D eigenvalue weighted by atomic mass is 16.5. The van der Waals surface area contributed by atoms with Crippen molar-refractivity contribution in [3.05, 3.63) is 41.2 Å². The molecule has 1 aliphatic heterocycles. The molecule has 134 valence electrons. The molecule has 0 N–H and O–H groups in total. The average Bonchev–Trinajstić information content (AvgIpc) is 2.92. The zero-order valence-electron chi connectivity index (χ0n) is 15.1. The smallest absolute Gasteiger partial charge is 0.222 e. The molecule has 0 bridgehead atoms. The van der Waals surface area contributed by atoms with Crippen LogP contribution < -0.4 is 0 Å². The van der Waals surface area contributed by atoms with E-state index in [1.54, 1.807) is 6.20 Å². The number of ether oxygens (including phenoxy) is 1. The fourth-order valence-corrected chi connectivity index (χ4v) is 3.15. The van der Waals surface area contributed by atoms with Gasteiger partial charge in [-0.1, -0.05) is 0 Å². The standard InChI is InChI=1S/C18H25N5O2/c1-13-11-14(2)23(21-13)8-4-5-18(24)22-9-10-25-17(12-22)16-6-7-19-15(3)20-16/h6-7,11,17H,4-5,8-10,12H2,1-3H3. The maximum absolute atomic E-state index is 12.5. The zero-order valence-corrected chi connectivity index (χ0v) is 15.1. The van der Waals surface area contributed by atoms with Crippen molar-refractivity contribution >= 4 is 5.91 Å². The SMILES string of the molecule is Cc1cc(C)n(CCCC(=O)N2CCOC(c3ccnc(C)n3)C2)n1. The van der Waals surface area contributed by atoms with Crippen LogP contribution in [0.25, 0.3) is 0 Å². The van der Waals surface area contributed by atoms with Crippen LogP contribution >= 0.6 is 0 Å². The molecule has 0 radical (unpaired) electrons. The Morgan fingerprint density at radius 2 is 2.20 bits per heavy atom. The summed E-state index contributed by atoms with van der Waals surface area (Å²) in [5.41, 5.74) is 2.99. The molecule has 1 fully saturated rings. The van der Waals surface area contributed by atoms with Crippen molar-refractivity contribution in [3.63, 3.8) is 0 Å².